The van der Waals surface area contributed by atoms with Crippen LogP contribution in [0.25, 0.3) is 0 Å². The second-order valence-corrected chi connectivity index (χ2v) is 7.07. The van der Waals surface area contributed by atoms with Crippen LogP contribution >= 0.6 is 24.0 Å². The van der Waals surface area contributed by atoms with Gasteiger partial charge in [0.05, 0.1) is 12.7 Å². The van der Waals surface area contributed by atoms with Crippen LogP contribution in [0, 0.1) is 5.41 Å². The average molecular weight is 454 g/mol. The highest BCUT2D eigenvalue weighted by Crippen LogP contribution is 2.38. The van der Waals surface area contributed by atoms with Gasteiger partial charge in [-0.15, -0.1) is 24.0 Å². The smallest absolute Gasteiger partial charge is 0.193 e. The van der Waals surface area contributed by atoms with Crippen LogP contribution in [0.4, 0.5) is 0 Å². The van der Waals surface area contributed by atoms with Crippen molar-refractivity contribution >= 4 is 29.9 Å². The third-order valence-electron chi connectivity index (χ3n) is 4.92. The van der Waals surface area contributed by atoms with Gasteiger partial charge in [-0.25, -0.2) is 0 Å². The van der Waals surface area contributed by atoms with Crippen LogP contribution in [-0.4, -0.2) is 89.0 Å². The Kier molecular flexibility index (Phi) is 9.84. The maximum Gasteiger partial charge on any atom is 0.193 e. The van der Waals surface area contributed by atoms with Crippen LogP contribution in [0.1, 0.15) is 26.2 Å². The van der Waals surface area contributed by atoms with Crippen LogP contribution in [0.5, 0.6) is 0 Å². The van der Waals surface area contributed by atoms with Crippen LogP contribution < -0.4 is 5.32 Å². The summed E-state index contributed by atoms with van der Waals surface area (Å²) in [5.41, 5.74) is 0.363. The molecule has 2 rings (SSSR count). The van der Waals surface area contributed by atoms with E-state index in [9.17, 15) is 0 Å². The maximum atomic E-state index is 5.86. The van der Waals surface area contributed by atoms with Crippen molar-refractivity contribution in [2.45, 2.75) is 32.3 Å². The molecule has 2 aliphatic heterocycles. The third kappa shape index (κ3) is 6.31. The molecule has 0 aromatic rings. The van der Waals surface area contributed by atoms with E-state index in [0.717, 1.165) is 58.4 Å². The fraction of sp³-hybridized carbons (Fsp3) is 0.941. The number of likely N-dealkylation sites (tertiary alicyclic amines) is 1. The molecule has 0 bridgehead atoms. The number of nitrogens with zero attached hydrogens (tertiary/aromatic N) is 3. The minimum Gasteiger partial charge on any atom is -0.381 e. The molecule has 2 aliphatic rings. The molecule has 7 heteroatoms. The van der Waals surface area contributed by atoms with Gasteiger partial charge in [0.2, 0.25) is 0 Å². The molecule has 2 saturated heterocycles. The summed E-state index contributed by atoms with van der Waals surface area (Å²) in [4.78, 5) is 9.05. The highest BCUT2D eigenvalue weighted by Gasteiger charge is 2.42. The van der Waals surface area contributed by atoms with Gasteiger partial charge >= 0.3 is 0 Å². The zero-order valence-corrected chi connectivity index (χ0v) is 18.0. The molecule has 0 aromatic heterocycles. The van der Waals surface area contributed by atoms with Crippen molar-refractivity contribution in [2.75, 3.05) is 67.1 Å². The summed E-state index contributed by atoms with van der Waals surface area (Å²) in [5, 5.41) is 3.52. The number of rotatable bonds is 7. The molecule has 2 heterocycles. The minimum absolute atomic E-state index is 0. The van der Waals surface area contributed by atoms with Gasteiger partial charge in [-0.1, -0.05) is 0 Å². The highest BCUT2D eigenvalue weighted by atomic mass is 127. The Hall–Kier alpha value is -0.120. The molecule has 2 fully saturated rings. The van der Waals surface area contributed by atoms with Crippen LogP contribution in [0.3, 0.4) is 0 Å². The van der Waals surface area contributed by atoms with E-state index in [1.165, 1.54) is 12.8 Å². The molecule has 2 unspecified atom stereocenters. The molecule has 0 amide bonds. The van der Waals surface area contributed by atoms with Crippen molar-refractivity contribution < 1.29 is 9.47 Å². The van der Waals surface area contributed by atoms with Gasteiger partial charge < -0.3 is 24.6 Å². The van der Waals surface area contributed by atoms with Crippen molar-refractivity contribution in [3.63, 3.8) is 0 Å². The number of aliphatic imine (C=N–C) groups is 1. The molecule has 2 atom stereocenters. The third-order valence-corrected chi connectivity index (χ3v) is 4.92. The molecule has 1 spiro atoms. The van der Waals surface area contributed by atoms with Crippen LogP contribution in [0.2, 0.25) is 0 Å². The lowest BCUT2D eigenvalue weighted by atomic mass is 9.87. The first-order valence-corrected chi connectivity index (χ1v) is 8.88. The summed E-state index contributed by atoms with van der Waals surface area (Å²) in [6.07, 6.45) is 3.65. The number of ether oxygens (including phenoxy) is 2. The monoisotopic (exact) mass is 454 g/mol. The first kappa shape index (κ1) is 21.9. The molecule has 24 heavy (non-hydrogen) atoms. The van der Waals surface area contributed by atoms with Gasteiger partial charge in [0.15, 0.2) is 5.96 Å². The number of halogens is 1. The second kappa shape index (κ2) is 10.8. The SMILES string of the molecule is CCOC(CCN(C)C)CNC(=NC)N1CCC2(CCOC2)C1.I. The summed E-state index contributed by atoms with van der Waals surface area (Å²) < 4.78 is 11.5. The summed E-state index contributed by atoms with van der Waals surface area (Å²) in [5.74, 6) is 1.00. The minimum atomic E-state index is 0. The quantitative estimate of drug-likeness (QED) is 0.360. The fourth-order valence-electron chi connectivity index (χ4n) is 3.51. The zero-order valence-electron chi connectivity index (χ0n) is 15.7. The van der Waals surface area contributed by atoms with E-state index >= 15 is 0 Å². The average Bonchev–Trinajstić information content (AvgIpc) is 3.16. The lowest BCUT2D eigenvalue weighted by Crippen LogP contribution is -2.45. The Morgan fingerprint density at radius 1 is 1.42 bits per heavy atom. The van der Waals surface area contributed by atoms with Gasteiger partial charge in [0.1, 0.15) is 0 Å². The predicted octanol–water partition coefficient (Wildman–Crippen LogP) is 1.65. The standard InChI is InChI=1S/C17H34N4O2.HI/c1-5-23-15(6-9-20(3)4)12-19-16(18-2)21-10-7-17(13-21)8-11-22-14-17;/h15H,5-14H2,1-4H3,(H,18,19);1H. The largest absolute Gasteiger partial charge is 0.381 e. The van der Waals surface area contributed by atoms with Gasteiger partial charge in [-0.05, 0) is 40.3 Å². The second-order valence-electron chi connectivity index (χ2n) is 7.07. The number of hydrogen-bond acceptors (Lipinski definition) is 4. The van der Waals surface area contributed by atoms with Crippen molar-refractivity contribution in [2.24, 2.45) is 10.4 Å². The zero-order chi connectivity index (χ0) is 16.7. The first-order valence-electron chi connectivity index (χ1n) is 8.88. The van der Waals surface area contributed by atoms with Crippen LogP contribution in [0.15, 0.2) is 4.99 Å². The summed E-state index contributed by atoms with van der Waals surface area (Å²) in [6.45, 7) is 8.61. The fourth-order valence-corrected chi connectivity index (χ4v) is 3.51. The normalized spacial score (nSPS) is 25.4. The van der Waals surface area contributed by atoms with E-state index in [0.29, 0.717) is 5.41 Å². The summed E-state index contributed by atoms with van der Waals surface area (Å²) >= 11 is 0. The van der Waals surface area contributed by atoms with Gasteiger partial charge in [0.25, 0.3) is 0 Å². The molecule has 0 aromatic carbocycles. The first-order chi connectivity index (χ1) is 11.1. The highest BCUT2D eigenvalue weighted by molar-refractivity contribution is 14.0. The molecule has 0 aliphatic carbocycles. The Balaban J connectivity index is 0.00000288. The van der Waals surface area contributed by atoms with Crippen molar-refractivity contribution in [3.05, 3.63) is 0 Å². The number of guanidine groups is 1. The summed E-state index contributed by atoms with van der Waals surface area (Å²) in [7, 11) is 6.07. The lowest BCUT2D eigenvalue weighted by Gasteiger charge is -2.27. The van der Waals surface area contributed by atoms with E-state index in [2.05, 4.69) is 41.1 Å². The van der Waals surface area contributed by atoms with Crippen molar-refractivity contribution in [1.29, 1.82) is 0 Å². The van der Waals surface area contributed by atoms with Gasteiger partial charge in [-0.2, -0.15) is 0 Å². The van der Waals surface area contributed by atoms with Gasteiger partial charge in [-0.3, -0.25) is 4.99 Å². The molecular formula is C17H35IN4O2. The number of hydrogen-bond donors (Lipinski definition) is 1. The Morgan fingerprint density at radius 2 is 2.21 bits per heavy atom. The van der Waals surface area contributed by atoms with E-state index in [1.807, 2.05) is 7.05 Å². The van der Waals surface area contributed by atoms with E-state index in [1.54, 1.807) is 0 Å². The topological polar surface area (TPSA) is 49.3 Å². The molecule has 6 nitrogen and oxygen atoms in total. The maximum absolute atomic E-state index is 5.86. The van der Waals surface area contributed by atoms with E-state index in [4.69, 9.17) is 9.47 Å². The molecule has 142 valence electrons. The Bertz CT molecular complexity index is 387. The van der Waals surface area contributed by atoms with Crippen LogP contribution in [-0.2, 0) is 9.47 Å². The van der Waals surface area contributed by atoms with E-state index in [-0.39, 0.29) is 30.1 Å². The Labute approximate surface area is 164 Å². The Morgan fingerprint density at radius 3 is 2.79 bits per heavy atom. The van der Waals surface area contributed by atoms with Crippen molar-refractivity contribution in [1.82, 2.24) is 15.1 Å². The van der Waals surface area contributed by atoms with Crippen molar-refractivity contribution in [3.8, 4) is 0 Å². The lowest BCUT2D eigenvalue weighted by molar-refractivity contribution is 0.0544. The molecule has 0 saturated carbocycles. The molecule has 1 N–H and O–H groups in total. The molecular weight excluding hydrogens is 419 g/mol. The molecule has 0 radical (unpaired) electrons. The van der Waals surface area contributed by atoms with Gasteiger partial charge in [0, 0.05) is 51.9 Å². The summed E-state index contributed by atoms with van der Waals surface area (Å²) in [6, 6.07) is 0. The van der Waals surface area contributed by atoms with E-state index < -0.39 is 0 Å². The number of nitrogens with one attached hydrogen (secondary N) is 1. The predicted molar refractivity (Wildman–Crippen MR) is 109 cm³/mol.